The van der Waals surface area contributed by atoms with E-state index in [1.165, 1.54) is 24.3 Å². The lowest BCUT2D eigenvalue weighted by molar-refractivity contribution is -0.119. The van der Waals surface area contributed by atoms with Gasteiger partial charge >= 0.3 is 6.03 Å². The van der Waals surface area contributed by atoms with Gasteiger partial charge < -0.3 is 24.3 Å². The van der Waals surface area contributed by atoms with E-state index in [2.05, 4.69) is 20.5 Å². The smallest absolute Gasteiger partial charge is 0.325 e. The first kappa shape index (κ1) is 31.0. The third-order valence-corrected chi connectivity index (χ3v) is 7.18. The number of hydrogen-bond donors (Lipinski definition) is 2. The number of carbonyl (C=O) groups excluding carboxylic acids is 2. The Morgan fingerprint density at radius 1 is 1.02 bits per heavy atom. The molecule has 5 rings (SSSR count). The van der Waals surface area contributed by atoms with Crippen LogP contribution < -0.4 is 24.8 Å². The second-order valence-corrected chi connectivity index (χ2v) is 10.4. The number of rotatable bonds is 11. The number of nitrogens with zero attached hydrogens (tertiary/aromatic N) is 2. The maximum atomic E-state index is 13.4. The van der Waals surface area contributed by atoms with Crippen molar-refractivity contribution in [1.29, 1.82) is 0 Å². The number of hydrogen-bond acceptors (Lipinski definition) is 8. The molecule has 44 heavy (non-hydrogen) atoms. The van der Waals surface area contributed by atoms with Gasteiger partial charge in [0, 0.05) is 43.0 Å². The molecule has 230 valence electrons. The largest absolute Gasteiger partial charge is 0.493 e. The van der Waals surface area contributed by atoms with Gasteiger partial charge in [0.1, 0.15) is 17.3 Å². The van der Waals surface area contributed by atoms with Gasteiger partial charge in [0.2, 0.25) is 5.91 Å². The van der Waals surface area contributed by atoms with Gasteiger partial charge in [-0.05, 0) is 54.4 Å². The first-order valence-electron chi connectivity index (χ1n) is 14.1. The van der Waals surface area contributed by atoms with Gasteiger partial charge in [0.25, 0.3) is 0 Å². The number of methoxy groups -OCH3 is 1. The number of pyridine rings is 1. The first-order valence-corrected chi connectivity index (χ1v) is 14.5. The lowest BCUT2D eigenvalue weighted by atomic mass is 10.1. The summed E-state index contributed by atoms with van der Waals surface area (Å²) in [7, 11) is 1.58. The van der Waals surface area contributed by atoms with Crippen molar-refractivity contribution >= 4 is 40.1 Å². The second-order valence-electron chi connectivity index (χ2n) is 10.0. The van der Waals surface area contributed by atoms with E-state index < -0.39 is 17.8 Å². The van der Waals surface area contributed by atoms with Crippen LogP contribution in [-0.4, -0.2) is 68.4 Å². The monoisotopic (exact) mass is 622 g/mol. The van der Waals surface area contributed by atoms with Gasteiger partial charge in [0.15, 0.2) is 11.5 Å². The van der Waals surface area contributed by atoms with Crippen LogP contribution in [0.1, 0.15) is 12.0 Å². The van der Waals surface area contributed by atoms with E-state index >= 15 is 0 Å². The van der Waals surface area contributed by atoms with Crippen molar-refractivity contribution in [3.05, 3.63) is 83.3 Å². The molecule has 0 radical (unpaired) electrons. The molecule has 0 spiro atoms. The second kappa shape index (κ2) is 14.8. The number of nitrogens with one attached hydrogen (secondary N) is 2. The standard InChI is InChI=1S/C32H32ClFN4O6/c1-41-29-19-24-26(20-30(29)43-13-3-10-38-11-14-42-15-12-38)35-9-8-27(24)44-28-7-6-23(18-25(28)33)36-32(40)37-31(39)17-21-4-2-5-22(34)16-21/h2,4-9,16,18-20H,3,10-15,17H2,1H3,(H2,36,37,39,40). The summed E-state index contributed by atoms with van der Waals surface area (Å²) >= 11 is 6.48. The highest BCUT2D eigenvalue weighted by atomic mass is 35.5. The summed E-state index contributed by atoms with van der Waals surface area (Å²) in [5.74, 6) is 0.934. The Morgan fingerprint density at radius 3 is 2.64 bits per heavy atom. The van der Waals surface area contributed by atoms with Crippen molar-refractivity contribution in [3.8, 4) is 23.0 Å². The third-order valence-electron chi connectivity index (χ3n) is 6.88. The minimum absolute atomic E-state index is 0.147. The minimum Gasteiger partial charge on any atom is -0.493 e. The van der Waals surface area contributed by atoms with Crippen LogP contribution in [0.15, 0.2) is 66.9 Å². The molecule has 0 atom stereocenters. The molecular formula is C32H32ClFN4O6. The molecule has 0 unspecified atom stereocenters. The van der Waals surface area contributed by atoms with E-state index in [1.54, 1.807) is 37.6 Å². The molecule has 1 aliphatic heterocycles. The van der Waals surface area contributed by atoms with Crippen molar-refractivity contribution in [1.82, 2.24) is 15.2 Å². The predicted octanol–water partition coefficient (Wildman–Crippen LogP) is 5.82. The quantitative estimate of drug-likeness (QED) is 0.201. The molecule has 1 aromatic heterocycles. The van der Waals surface area contributed by atoms with Gasteiger partial charge in [-0.3, -0.25) is 20.0 Å². The van der Waals surface area contributed by atoms with Gasteiger partial charge in [-0.25, -0.2) is 9.18 Å². The number of morpholine rings is 1. The topological polar surface area (TPSA) is 111 Å². The Kier molecular flexibility index (Phi) is 10.4. The Balaban J connectivity index is 1.20. The van der Waals surface area contributed by atoms with Crippen LogP contribution in [-0.2, 0) is 16.0 Å². The molecule has 2 N–H and O–H groups in total. The Bertz CT molecular complexity index is 1630. The molecule has 1 saturated heterocycles. The highest BCUT2D eigenvalue weighted by molar-refractivity contribution is 6.32. The SMILES string of the molecule is COc1cc2c(Oc3ccc(NC(=O)NC(=O)Cc4cccc(F)c4)cc3Cl)ccnc2cc1OCCCN1CCOCC1. The maximum absolute atomic E-state index is 13.4. The highest BCUT2D eigenvalue weighted by Gasteiger charge is 2.15. The average Bonchev–Trinajstić information content (AvgIpc) is 3.00. The lowest BCUT2D eigenvalue weighted by Gasteiger charge is -2.26. The van der Waals surface area contributed by atoms with Gasteiger partial charge in [-0.15, -0.1) is 0 Å². The summed E-state index contributed by atoms with van der Waals surface area (Å²) in [5.41, 5.74) is 1.44. The molecule has 0 aliphatic carbocycles. The summed E-state index contributed by atoms with van der Waals surface area (Å²) < 4.78 is 36.5. The average molecular weight is 623 g/mol. The van der Waals surface area contributed by atoms with Crippen LogP contribution in [0, 0.1) is 5.82 Å². The molecule has 0 bridgehead atoms. The molecule has 1 aliphatic rings. The highest BCUT2D eigenvalue weighted by Crippen LogP contribution is 2.39. The van der Waals surface area contributed by atoms with Crippen molar-refractivity contribution in [2.24, 2.45) is 0 Å². The number of carbonyl (C=O) groups is 2. The number of urea groups is 1. The zero-order chi connectivity index (χ0) is 30.9. The fraction of sp³-hybridized carbons (Fsp3) is 0.281. The number of halogens is 2. The van der Waals surface area contributed by atoms with Crippen LogP contribution in [0.5, 0.6) is 23.0 Å². The molecule has 3 aromatic carbocycles. The molecule has 12 heteroatoms. The number of anilines is 1. The van der Waals surface area contributed by atoms with Crippen LogP contribution in [0.2, 0.25) is 5.02 Å². The van der Waals surface area contributed by atoms with Crippen LogP contribution in [0.4, 0.5) is 14.9 Å². The zero-order valence-corrected chi connectivity index (χ0v) is 24.9. The number of aromatic nitrogens is 1. The Labute approximate surface area is 259 Å². The molecule has 1 fully saturated rings. The predicted molar refractivity (Wildman–Crippen MR) is 164 cm³/mol. The van der Waals surface area contributed by atoms with Crippen molar-refractivity contribution in [2.75, 3.05) is 51.9 Å². The van der Waals surface area contributed by atoms with Gasteiger partial charge in [-0.2, -0.15) is 0 Å². The van der Waals surface area contributed by atoms with Crippen LogP contribution in [0.25, 0.3) is 10.9 Å². The van der Waals surface area contributed by atoms with E-state index in [0.29, 0.717) is 51.8 Å². The molecule has 0 saturated carbocycles. The summed E-state index contributed by atoms with van der Waals surface area (Å²) in [6, 6.07) is 14.9. The molecule has 10 nitrogen and oxygen atoms in total. The van der Waals surface area contributed by atoms with E-state index in [0.717, 1.165) is 39.3 Å². The summed E-state index contributed by atoms with van der Waals surface area (Å²) in [6.45, 7) is 4.87. The van der Waals surface area contributed by atoms with E-state index in [4.69, 9.17) is 30.5 Å². The summed E-state index contributed by atoms with van der Waals surface area (Å²) in [5, 5.41) is 5.70. The fourth-order valence-electron chi connectivity index (χ4n) is 4.73. The number of fused-ring (bicyclic) bond motifs is 1. The summed E-state index contributed by atoms with van der Waals surface area (Å²) in [4.78, 5) is 31.3. The van der Waals surface area contributed by atoms with Crippen molar-refractivity contribution in [2.45, 2.75) is 12.8 Å². The molecule has 2 heterocycles. The van der Waals surface area contributed by atoms with Crippen molar-refractivity contribution < 1.29 is 32.9 Å². The molecular weight excluding hydrogens is 591 g/mol. The van der Waals surface area contributed by atoms with E-state index in [-0.39, 0.29) is 11.4 Å². The van der Waals surface area contributed by atoms with Crippen LogP contribution >= 0.6 is 11.6 Å². The number of benzene rings is 3. The fourth-order valence-corrected chi connectivity index (χ4v) is 4.95. The first-order chi connectivity index (χ1) is 21.4. The Hall–Kier alpha value is -4.45. The van der Waals surface area contributed by atoms with E-state index in [9.17, 15) is 14.0 Å². The third kappa shape index (κ3) is 8.34. The van der Waals surface area contributed by atoms with E-state index in [1.807, 2.05) is 12.1 Å². The zero-order valence-electron chi connectivity index (χ0n) is 24.1. The summed E-state index contributed by atoms with van der Waals surface area (Å²) in [6.07, 6.45) is 2.35. The molecule has 3 amide bonds. The number of ether oxygens (including phenoxy) is 4. The normalized spacial score (nSPS) is 13.3. The lowest BCUT2D eigenvalue weighted by Crippen LogP contribution is -2.37. The van der Waals surface area contributed by atoms with Crippen LogP contribution in [0.3, 0.4) is 0 Å². The number of imide groups is 1. The Morgan fingerprint density at radius 2 is 1.86 bits per heavy atom. The van der Waals surface area contributed by atoms with Crippen molar-refractivity contribution in [3.63, 3.8) is 0 Å². The minimum atomic E-state index is -0.748. The molecule has 4 aromatic rings. The van der Waals surface area contributed by atoms with Gasteiger partial charge in [0.05, 0.1) is 43.9 Å². The van der Waals surface area contributed by atoms with Gasteiger partial charge in [-0.1, -0.05) is 23.7 Å². The maximum Gasteiger partial charge on any atom is 0.325 e. The number of amides is 3.